The molecule has 0 aliphatic carbocycles. The largest absolute Gasteiger partial charge is 0.363 e. The van der Waals surface area contributed by atoms with Gasteiger partial charge in [-0.1, -0.05) is 66.7 Å². The van der Waals surface area contributed by atoms with E-state index >= 15 is 0 Å². The average Bonchev–Trinajstić information content (AvgIpc) is 2.49. The average molecular weight is 264 g/mol. The molecule has 0 N–H and O–H groups in total. The third-order valence-corrected chi connectivity index (χ3v) is 2.95. The van der Waals surface area contributed by atoms with Crippen molar-refractivity contribution in [3.05, 3.63) is 77.9 Å². The summed E-state index contributed by atoms with van der Waals surface area (Å²) in [5, 5.41) is 0. The van der Waals surface area contributed by atoms with E-state index in [2.05, 4.69) is 41.4 Å². The summed E-state index contributed by atoms with van der Waals surface area (Å²) in [6.45, 7) is 0.702. The summed E-state index contributed by atoms with van der Waals surface area (Å²) >= 11 is 0. The van der Waals surface area contributed by atoms with Gasteiger partial charge in [0.2, 0.25) is 0 Å². The Morgan fingerprint density at radius 1 is 0.950 bits per heavy atom. The summed E-state index contributed by atoms with van der Waals surface area (Å²) in [6.07, 6.45) is 4.14. The zero-order valence-electron chi connectivity index (χ0n) is 12.0. The Morgan fingerprint density at radius 3 is 2.15 bits per heavy atom. The van der Waals surface area contributed by atoms with Gasteiger partial charge in [-0.05, 0) is 17.2 Å². The highest BCUT2D eigenvalue weighted by Gasteiger charge is 1.97. The van der Waals surface area contributed by atoms with E-state index in [1.165, 1.54) is 11.1 Å². The van der Waals surface area contributed by atoms with Crippen molar-refractivity contribution >= 4 is 11.9 Å². The van der Waals surface area contributed by atoms with Gasteiger partial charge in [0.25, 0.3) is 0 Å². The van der Waals surface area contributed by atoms with Crippen LogP contribution in [0.1, 0.15) is 11.1 Å². The van der Waals surface area contributed by atoms with E-state index in [-0.39, 0.29) is 0 Å². The fraction of sp³-hybridized carbons (Fsp3) is 0.167. The molecule has 2 rings (SSSR count). The first kappa shape index (κ1) is 14.1. The fourth-order valence-electron chi connectivity index (χ4n) is 1.83. The minimum atomic E-state index is 0.702. The van der Waals surface area contributed by atoms with Gasteiger partial charge in [0.1, 0.15) is 5.84 Å². The van der Waals surface area contributed by atoms with Gasteiger partial charge in [-0.2, -0.15) is 0 Å². The van der Waals surface area contributed by atoms with Crippen LogP contribution in [0, 0.1) is 0 Å². The van der Waals surface area contributed by atoms with Gasteiger partial charge in [0.05, 0.1) is 6.54 Å². The lowest BCUT2D eigenvalue weighted by atomic mass is 10.2. The Morgan fingerprint density at radius 2 is 1.55 bits per heavy atom. The third kappa shape index (κ3) is 4.39. The van der Waals surface area contributed by atoms with E-state index < -0.39 is 0 Å². The molecule has 2 aromatic rings. The maximum absolute atomic E-state index is 4.66. The number of rotatable bonds is 4. The molecule has 2 aromatic carbocycles. The molecule has 0 amide bonds. The first-order chi connectivity index (χ1) is 9.75. The highest BCUT2D eigenvalue weighted by Crippen LogP contribution is 2.04. The van der Waals surface area contributed by atoms with Crippen LogP contribution in [0.15, 0.2) is 71.7 Å². The minimum absolute atomic E-state index is 0.702. The first-order valence-electron chi connectivity index (χ1n) is 6.74. The zero-order valence-corrected chi connectivity index (χ0v) is 12.0. The molecule has 102 valence electrons. The molecule has 0 unspecified atom stereocenters. The lowest BCUT2D eigenvalue weighted by Crippen LogP contribution is -2.19. The second-order valence-electron chi connectivity index (χ2n) is 4.80. The summed E-state index contributed by atoms with van der Waals surface area (Å²) in [5.74, 6) is 0.970. The van der Waals surface area contributed by atoms with Gasteiger partial charge in [-0.15, -0.1) is 0 Å². The first-order valence-corrected chi connectivity index (χ1v) is 6.74. The molecule has 0 aliphatic heterocycles. The molecule has 0 aliphatic rings. The van der Waals surface area contributed by atoms with Crippen LogP contribution in [0.5, 0.6) is 0 Å². The smallest absolute Gasteiger partial charge is 0.123 e. The predicted molar refractivity (Wildman–Crippen MR) is 86.7 cm³/mol. The molecule has 0 atom stereocenters. The van der Waals surface area contributed by atoms with Crippen LogP contribution < -0.4 is 0 Å². The van der Waals surface area contributed by atoms with Gasteiger partial charge in [0, 0.05) is 14.1 Å². The molecule has 0 heterocycles. The van der Waals surface area contributed by atoms with Crippen LogP contribution in [-0.4, -0.2) is 24.8 Å². The normalized spacial score (nSPS) is 11.8. The van der Waals surface area contributed by atoms with Gasteiger partial charge in [-0.25, -0.2) is 0 Å². The van der Waals surface area contributed by atoms with Crippen molar-refractivity contribution in [1.82, 2.24) is 4.90 Å². The van der Waals surface area contributed by atoms with E-state index in [1.54, 1.807) is 0 Å². The molecule has 0 radical (unpaired) electrons. The van der Waals surface area contributed by atoms with Crippen LogP contribution in [0.3, 0.4) is 0 Å². The summed E-state index contributed by atoms with van der Waals surface area (Å²) in [4.78, 5) is 6.69. The predicted octanol–water partition coefficient (Wildman–Crippen LogP) is 3.86. The lowest BCUT2D eigenvalue weighted by molar-refractivity contribution is 0.622. The van der Waals surface area contributed by atoms with Crippen molar-refractivity contribution in [1.29, 1.82) is 0 Å². The molecular weight excluding hydrogens is 244 g/mol. The lowest BCUT2D eigenvalue weighted by Gasteiger charge is -2.12. The van der Waals surface area contributed by atoms with Crippen molar-refractivity contribution in [2.75, 3.05) is 14.1 Å². The molecule has 0 saturated heterocycles. The molecule has 0 aromatic heterocycles. The second kappa shape index (κ2) is 7.29. The fourth-order valence-corrected chi connectivity index (χ4v) is 1.83. The SMILES string of the molecule is CN(C)C(/C=C/c1ccccc1)=NCc1ccccc1. The molecule has 2 nitrogen and oxygen atoms in total. The van der Waals surface area contributed by atoms with Crippen molar-refractivity contribution in [3.63, 3.8) is 0 Å². The standard InChI is InChI=1S/C18H20N2/c1-20(2)18(14-13-16-9-5-3-6-10-16)19-15-17-11-7-4-8-12-17/h3-14H,15H2,1-2H3/b14-13+,19-18?. The number of hydrogen-bond acceptors (Lipinski definition) is 1. The Labute approximate surface area is 121 Å². The van der Waals surface area contributed by atoms with Gasteiger partial charge in [-0.3, -0.25) is 4.99 Å². The van der Waals surface area contributed by atoms with Crippen molar-refractivity contribution in [2.24, 2.45) is 4.99 Å². The van der Waals surface area contributed by atoms with Gasteiger partial charge < -0.3 is 4.90 Å². The Kier molecular flexibility index (Phi) is 5.13. The van der Waals surface area contributed by atoms with Gasteiger partial charge in [0.15, 0.2) is 0 Å². The number of nitrogens with zero attached hydrogens (tertiary/aromatic N) is 2. The minimum Gasteiger partial charge on any atom is -0.363 e. The van der Waals surface area contributed by atoms with Gasteiger partial charge >= 0.3 is 0 Å². The molecule has 20 heavy (non-hydrogen) atoms. The second-order valence-corrected chi connectivity index (χ2v) is 4.80. The molecule has 0 saturated carbocycles. The van der Waals surface area contributed by atoms with Crippen LogP contribution >= 0.6 is 0 Å². The molecule has 0 bridgehead atoms. The number of amidine groups is 1. The highest BCUT2D eigenvalue weighted by molar-refractivity contribution is 5.96. The number of hydrogen-bond donors (Lipinski definition) is 0. The summed E-state index contributed by atoms with van der Waals surface area (Å²) < 4.78 is 0. The van der Waals surface area contributed by atoms with E-state index in [1.807, 2.05) is 55.4 Å². The highest BCUT2D eigenvalue weighted by atomic mass is 15.1. The van der Waals surface area contributed by atoms with Crippen LogP contribution in [0.4, 0.5) is 0 Å². The monoisotopic (exact) mass is 264 g/mol. The quantitative estimate of drug-likeness (QED) is 0.605. The van der Waals surface area contributed by atoms with E-state index in [0.29, 0.717) is 6.54 Å². The molecule has 0 fully saturated rings. The molecule has 2 heteroatoms. The van der Waals surface area contributed by atoms with Crippen LogP contribution in [0.2, 0.25) is 0 Å². The number of aliphatic imine (C=N–C) groups is 1. The van der Waals surface area contributed by atoms with Crippen molar-refractivity contribution in [3.8, 4) is 0 Å². The Hall–Kier alpha value is -2.35. The van der Waals surface area contributed by atoms with Crippen molar-refractivity contribution < 1.29 is 0 Å². The molecule has 0 spiro atoms. The molecular formula is C18H20N2. The van der Waals surface area contributed by atoms with E-state index in [9.17, 15) is 0 Å². The maximum atomic E-state index is 4.66. The summed E-state index contributed by atoms with van der Waals surface area (Å²) in [5.41, 5.74) is 2.40. The van der Waals surface area contributed by atoms with Crippen molar-refractivity contribution in [2.45, 2.75) is 6.54 Å². The van der Waals surface area contributed by atoms with Crippen LogP contribution in [0.25, 0.3) is 6.08 Å². The topological polar surface area (TPSA) is 15.6 Å². The zero-order chi connectivity index (χ0) is 14.2. The van der Waals surface area contributed by atoms with Crippen LogP contribution in [-0.2, 0) is 6.54 Å². The number of benzene rings is 2. The third-order valence-electron chi connectivity index (χ3n) is 2.95. The van der Waals surface area contributed by atoms with E-state index in [4.69, 9.17) is 0 Å². The maximum Gasteiger partial charge on any atom is 0.123 e. The summed E-state index contributed by atoms with van der Waals surface area (Å²) in [6, 6.07) is 20.6. The Balaban J connectivity index is 2.09. The van der Waals surface area contributed by atoms with E-state index in [0.717, 1.165) is 5.84 Å². The number of likely N-dealkylation sites (N-methyl/N-ethyl adjacent to an activating group) is 1. The summed E-state index contributed by atoms with van der Waals surface area (Å²) in [7, 11) is 4.03. The Bertz CT molecular complexity index is 569.